The summed E-state index contributed by atoms with van der Waals surface area (Å²) in [7, 11) is 0. The van der Waals surface area contributed by atoms with Crippen LogP contribution in [0.25, 0.3) is 0 Å². The first kappa shape index (κ1) is 11.3. The normalized spacial score (nSPS) is 13.0. The lowest BCUT2D eigenvalue weighted by Gasteiger charge is -2.08. The first-order valence-electron chi connectivity index (χ1n) is 4.55. The lowest BCUT2D eigenvalue weighted by atomic mass is 10.1. The van der Waals surface area contributed by atoms with Gasteiger partial charge in [-0.3, -0.25) is 0 Å². The minimum Gasteiger partial charge on any atom is -0.324 e. The van der Waals surface area contributed by atoms with Crippen LogP contribution in [0.5, 0.6) is 0 Å². The fourth-order valence-corrected chi connectivity index (χ4v) is 3.84. The zero-order valence-corrected chi connectivity index (χ0v) is 11.5. The Labute approximate surface area is 105 Å². The van der Waals surface area contributed by atoms with Crippen LogP contribution in [0.1, 0.15) is 22.3 Å². The summed E-state index contributed by atoms with van der Waals surface area (Å²) in [6.07, 6.45) is 0.813. The number of thiophene rings is 1. The van der Waals surface area contributed by atoms with Crippen molar-refractivity contribution in [1.29, 1.82) is 0 Å². The van der Waals surface area contributed by atoms with Crippen LogP contribution >= 0.6 is 38.6 Å². The Kier molecular flexibility index (Phi) is 3.56. The van der Waals surface area contributed by atoms with E-state index in [1.54, 1.807) is 22.7 Å². The zero-order valence-electron chi connectivity index (χ0n) is 8.24. The van der Waals surface area contributed by atoms with Gasteiger partial charge in [0.05, 0.1) is 5.01 Å². The predicted molar refractivity (Wildman–Crippen MR) is 69.5 cm³/mol. The van der Waals surface area contributed by atoms with Crippen molar-refractivity contribution in [3.63, 3.8) is 0 Å². The van der Waals surface area contributed by atoms with Crippen molar-refractivity contribution in [2.75, 3.05) is 0 Å². The van der Waals surface area contributed by atoms with Crippen molar-refractivity contribution in [1.82, 2.24) is 4.98 Å². The van der Waals surface area contributed by atoms with Crippen LogP contribution in [0, 0.1) is 6.92 Å². The maximum absolute atomic E-state index is 6.12. The van der Waals surface area contributed by atoms with Gasteiger partial charge in [0.25, 0.3) is 0 Å². The summed E-state index contributed by atoms with van der Waals surface area (Å²) in [5.41, 5.74) is 8.37. The molecule has 0 fully saturated rings. The first-order valence-corrected chi connectivity index (χ1v) is 7.16. The minimum absolute atomic E-state index is 0.0381. The van der Waals surface area contributed by atoms with E-state index in [9.17, 15) is 0 Å². The molecule has 1 atom stereocenters. The van der Waals surface area contributed by atoms with Gasteiger partial charge in [0.2, 0.25) is 0 Å². The van der Waals surface area contributed by atoms with Crippen molar-refractivity contribution in [2.45, 2.75) is 19.4 Å². The Morgan fingerprint density at radius 3 is 2.80 bits per heavy atom. The van der Waals surface area contributed by atoms with Gasteiger partial charge < -0.3 is 5.73 Å². The molecule has 2 aromatic rings. The Hall–Kier alpha value is -0.230. The van der Waals surface area contributed by atoms with E-state index in [2.05, 4.69) is 37.1 Å². The van der Waals surface area contributed by atoms with Crippen molar-refractivity contribution in [2.24, 2.45) is 5.73 Å². The first-order chi connectivity index (χ1) is 7.16. The number of hydrogen-bond donors (Lipinski definition) is 1. The molecule has 0 aliphatic rings. The number of hydrogen-bond acceptors (Lipinski definition) is 4. The molecule has 80 valence electrons. The summed E-state index contributed by atoms with van der Waals surface area (Å²) in [6.45, 7) is 2.01. The topological polar surface area (TPSA) is 38.9 Å². The average Bonchev–Trinajstić information content (AvgIpc) is 2.75. The van der Waals surface area contributed by atoms with Crippen molar-refractivity contribution in [3.05, 3.63) is 36.9 Å². The van der Waals surface area contributed by atoms with Crippen LogP contribution in [0.15, 0.2) is 20.6 Å². The molecule has 0 aromatic carbocycles. The molecule has 5 heteroatoms. The molecule has 0 saturated heterocycles. The van der Waals surface area contributed by atoms with E-state index in [0.29, 0.717) is 0 Å². The Morgan fingerprint density at radius 1 is 1.47 bits per heavy atom. The van der Waals surface area contributed by atoms with Gasteiger partial charge in [-0.1, -0.05) is 0 Å². The number of nitrogens with two attached hydrogens (primary N) is 1. The fraction of sp³-hybridized carbons (Fsp3) is 0.300. The zero-order chi connectivity index (χ0) is 10.8. The molecule has 2 aromatic heterocycles. The van der Waals surface area contributed by atoms with Gasteiger partial charge in [-0.2, -0.15) is 11.3 Å². The van der Waals surface area contributed by atoms with E-state index in [-0.39, 0.29) is 6.04 Å². The highest BCUT2D eigenvalue weighted by Crippen LogP contribution is 2.28. The third-order valence-electron chi connectivity index (χ3n) is 2.10. The van der Waals surface area contributed by atoms with Crippen LogP contribution in [0.4, 0.5) is 0 Å². The minimum atomic E-state index is 0.0381. The maximum atomic E-state index is 6.12. The maximum Gasteiger partial charge on any atom is 0.0947 e. The van der Waals surface area contributed by atoms with Crippen LogP contribution in [0.3, 0.4) is 0 Å². The fourth-order valence-electron chi connectivity index (χ4n) is 1.35. The predicted octanol–water partition coefficient (Wildman–Crippen LogP) is 3.52. The third kappa shape index (κ3) is 2.66. The van der Waals surface area contributed by atoms with E-state index in [4.69, 9.17) is 5.73 Å². The molecule has 0 amide bonds. The number of aryl methyl sites for hydroxylation is 1. The SMILES string of the molecule is Cc1csc(CC(N)c2cscc2Br)n1. The highest BCUT2D eigenvalue weighted by atomic mass is 79.9. The molecule has 2 N–H and O–H groups in total. The molecular formula is C10H11BrN2S2. The highest BCUT2D eigenvalue weighted by Gasteiger charge is 2.13. The Morgan fingerprint density at radius 2 is 2.27 bits per heavy atom. The van der Waals surface area contributed by atoms with E-state index in [1.165, 1.54) is 5.56 Å². The Bertz CT molecular complexity index is 450. The number of nitrogens with zero attached hydrogens (tertiary/aromatic N) is 1. The number of halogens is 1. The highest BCUT2D eigenvalue weighted by molar-refractivity contribution is 9.10. The Balaban J connectivity index is 2.10. The molecule has 0 bridgehead atoms. The molecule has 0 aliphatic heterocycles. The van der Waals surface area contributed by atoms with Crippen LogP contribution in [-0.4, -0.2) is 4.98 Å². The van der Waals surface area contributed by atoms with Crippen molar-refractivity contribution < 1.29 is 0 Å². The quantitative estimate of drug-likeness (QED) is 0.942. The second-order valence-corrected chi connectivity index (χ2v) is 5.91. The van der Waals surface area contributed by atoms with Gasteiger partial charge in [-0.25, -0.2) is 4.98 Å². The van der Waals surface area contributed by atoms with Crippen LogP contribution in [-0.2, 0) is 6.42 Å². The van der Waals surface area contributed by atoms with Crippen LogP contribution in [0.2, 0.25) is 0 Å². The summed E-state index contributed by atoms with van der Waals surface area (Å²) in [5, 5.41) is 7.32. The largest absolute Gasteiger partial charge is 0.324 e. The van der Waals surface area contributed by atoms with Crippen LogP contribution < -0.4 is 5.73 Å². The standard InChI is InChI=1S/C10H11BrN2S2/c1-6-3-15-10(13-6)2-9(12)7-4-14-5-8(7)11/h3-5,9H,2,12H2,1H3. The molecule has 2 nitrogen and oxygen atoms in total. The number of thiazole rings is 1. The number of aromatic nitrogens is 1. The number of rotatable bonds is 3. The second-order valence-electron chi connectivity index (χ2n) is 3.37. The van der Waals surface area contributed by atoms with E-state index >= 15 is 0 Å². The van der Waals surface area contributed by atoms with Crippen molar-refractivity contribution >= 4 is 38.6 Å². The lowest BCUT2D eigenvalue weighted by Crippen LogP contribution is -2.12. The van der Waals surface area contributed by atoms with Gasteiger partial charge >= 0.3 is 0 Å². The monoisotopic (exact) mass is 302 g/mol. The molecule has 15 heavy (non-hydrogen) atoms. The molecule has 0 aliphatic carbocycles. The summed E-state index contributed by atoms with van der Waals surface area (Å²) < 4.78 is 1.10. The molecule has 0 spiro atoms. The summed E-state index contributed by atoms with van der Waals surface area (Å²) in [6, 6.07) is 0.0381. The van der Waals surface area contributed by atoms with E-state index in [0.717, 1.165) is 21.6 Å². The molecule has 1 unspecified atom stereocenters. The summed E-state index contributed by atoms with van der Waals surface area (Å²) >= 11 is 6.84. The molecule has 2 rings (SSSR count). The third-order valence-corrected chi connectivity index (χ3v) is 4.84. The van der Waals surface area contributed by atoms with Gasteiger partial charge in [0.15, 0.2) is 0 Å². The van der Waals surface area contributed by atoms with Crippen molar-refractivity contribution in [3.8, 4) is 0 Å². The smallest absolute Gasteiger partial charge is 0.0947 e. The van der Waals surface area contributed by atoms with Gasteiger partial charge in [-0.05, 0) is 33.8 Å². The van der Waals surface area contributed by atoms with E-state index < -0.39 is 0 Å². The van der Waals surface area contributed by atoms with Gasteiger partial charge in [0.1, 0.15) is 0 Å². The molecular weight excluding hydrogens is 292 g/mol. The second kappa shape index (κ2) is 4.74. The molecule has 0 saturated carbocycles. The van der Waals surface area contributed by atoms with Gasteiger partial charge in [-0.15, -0.1) is 11.3 Å². The summed E-state index contributed by atoms with van der Waals surface area (Å²) in [4.78, 5) is 4.42. The lowest BCUT2D eigenvalue weighted by molar-refractivity contribution is 0.716. The molecule has 0 radical (unpaired) electrons. The van der Waals surface area contributed by atoms with Gasteiger partial charge in [0, 0.05) is 33.4 Å². The molecule has 2 heterocycles. The average molecular weight is 303 g/mol. The summed E-state index contributed by atoms with van der Waals surface area (Å²) in [5.74, 6) is 0. The van der Waals surface area contributed by atoms with E-state index in [1.807, 2.05) is 6.92 Å².